The number of anilines is 1. The molecule has 0 unspecified atom stereocenters. The molecular formula is C19H19F3N2O3. The van der Waals surface area contributed by atoms with Gasteiger partial charge in [0.1, 0.15) is 5.75 Å². The number of benzene rings is 2. The first-order valence-electron chi connectivity index (χ1n) is 8.10. The number of nitrogens with one attached hydrogen (secondary N) is 1. The number of carbonyl (C=O) groups excluding carboxylic acids is 2. The summed E-state index contributed by atoms with van der Waals surface area (Å²) in [4.78, 5) is 25.4. The molecule has 2 aromatic rings. The standard InChI is InChI=1S/C19H19F3N2O3/c1-11-5-4-6-13(9-11)27-12(2)19(26)24(3)10-16(25)23-15-8-7-14(20)17(21)18(15)22/h4-9,12H,10H2,1-3H3,(H,23,25)/t12-/m1/s1. The molecule has 0 heterocycles. The minimum Gasteiger partial charge on any atom is -0.481 e. The van der Waals surface area contributed by atoms with Gasteiger partial charge in [-0.15, -0.1) is 0 Å². The molecule has 5 nitrogen and oxygen atoms in total. The van der Waals surface area contributed by atoms with Crippen LogP contribution in [0.5, 0.6) is 5.75 Å². The predicted molar refractivity (Wildman–Crippen MR) is 93.9 cm³/mol. The van der Waals surface area contributed by atoms with Crippen molar-refractivity contribution >= 4 is 17.5 Å². The summed E-state index contributed by atoms with van der Waals surface area (Å²) >= 11 is 0. The monoisotopic (exact) mass is 380 g/mol. The van der Waals surface area contributed by atoms with Gasteiger partial charge in [-0.2, -0.15) is 0 Å². The third-order valence-corrected chi connectivity index (χ3v) is 3.72. The Morgan fingerprint density at radius 1 is 1.15 bits per heavy atom. The molecule has 0 fully saturated rings. The number of amides is 2. The summed E-state index contributed by atoms with van der Waals surface area (Å²) in [6.45, 7) is 3.00. The Kier molecular flexibility index (Phi) is 6.44. The molecule has 0 saturated heterocycles. The Hall–Kier alpha value is -3.03. The molecule has 0 aliphatic rings. The van der Waals surface area contributed by atoms with Crippen molar-refractivity contribution in [3.63, 3.8) is 0 Å². The highest BCUT2D eigenvalue weighted by atomic mass is 19.2. The maximum Gasteiger partial charge on any atom is 0.263 e. The first-order valence-corrected chi connectivity index (χ1v) is 8.10. The summed E-state index contributed by atoms with van der Waals surface area (Å²) in [6, 6.07) is 8.73. The molecule has 0 radical (unpaired) electrons. The van der Waals surface area contributed by atoms with Gasteiger partial charge in [-0.3, -0.25) is 9.59 Å². The highest BCUT2D eigenvalue weighted by Gasteiger charge is 2.22. The van der Waals surface area contributed by atoms with Gasteiger partial charge in [0.25, 0.3) is 5.91 Å². The Bertz CT molecular complexity index is 858. The van der Waals surface area contributed by atoms with E-state index >= 15 is 0 Å². The van der Waals surface area contributed by atoms with E-state index in [1.54, 1.807) is 18.2 Å². The molecule has 0 aliphatic carbocycles. The van der Waals surface area contributed by atoms with Crippen molar-refractivity contribution in [2.75, 3.05) is 18.9 Å². The molecule has 2 rings (SSSR count). The van der Waals surface area contributed by atoms with Gasteiger partial charge in [0.05, 0.1) is 12.2 Å². The number of hydrogen-bond acceptors (Lipinski definition) is 3. The normalized spacial score (nSPS) is 11.6. The van der Waals surface area contributed by atoms with Crippen LogP contribution in [0.4, 0.5) is 18.9 Å². The van der Waals surface area contributed by atoms with E-state index in [1.807, 2.05) is 13.0 Å². The number of aryl methyl sites for hydroxylation is 1. The van der Waals surface area contributed by atoms with Gasteiger partial charge in [-0.05, 0) is 43.7 Å². The van der Waals surface area contributed by atoms with Gasteiger partial charge in [0, 0.05) is 7.05 Å². The molecule has 0 spiro atoms. The minimum atomic E-state index is -1.68. The maximum atomic E-state index is 13.6. The van der Waals surface area contributed by atoms with Crippen LogP contribution in [0.3, 0.4) is 0 Å². The van der Waals surface area contributed by atoms with Gasteiger partial charge in [-0.25, -0.2) is 13.2 Å². The molecule has 2 aromatic carbocycles. The van der Waals surface area contributed by atoms with Crippen LogP contribution in [0.2, 0.25) is 0 Å². The van der Waals surface area contributed by atoms with Crippen molar-refractivity contribution < 1.29 is 27.5 Å². The number of rotatable bonds is 6. The molecule has 2 amide bonds. The highest BCUT2D eigenvalue weighted by Crippen LogP contribution is 2.19. The van der Waals surface area contributed by atoms with Crippen LogP contribution >= 0.6 is 0 Å². The van der Waals surface area contributed by atoms with Crippen LogP contribution in [0.1, 0.15) is 12.5 Å². The van der Waals surface area contributed by atoms with Crippen LogP contribution in [0.25, 0.3) is 0 Å². The Morgan fingerprint density at radius 2 is 1.85 bits per heavy atom. The van der Waals surface area contributed by atoms with Gasteiger partial charge >= 0.3 is 0 Å². The van der Waals surface area contributed by atoms with Crippen molar-refractivity contribution in [3.8, 4) is 5.75 Å². The van der Waals surface area contributed by atoms with Crippen molar-refractivity contribution in [3.05, 3.63) is 59.4 Å². The summed E-state index contributed by atoms with van der Waals surface area (Å²) in [5.74, 6) is -5.28. The zero-order chi connectivity index (χ0) is 20.1. The number of halogens is 3. The number of carbonyl (C=O) groups is 2. The average molecular weight is 380 g/mol. The first-order chi connectivity index (χ1) is 12.7. The van der Waals surface area contributed by atoms with Crippen LogP contribution in [-0.2, 0) is 9.59 Å². The fourth-order valence-corrected chi connectivity index (χ4v) is 2.36. The fraction of sp³-hybridized carbons (Fsp3) is 0.263. The molecule has 144 valence electrons. The molecule has 1 atom stereocenters. The second-order valence-electron chi connectivity index (χ2n) is 6.04. The summed E-state index contributed by atoms with van der Waals surface area (Å²) in [6.07, 6.45) is -0.857. The smallest absolute Gasteiger partial charge is 0.263 e. The lowest BCUT2D eigenvalue weighted by molar-refractivity contribution is -0.139. The lowest BCUT2D eigenvalue weighted by atomic mass is 10.2. The molecule has 0 aromatic heterocycles. The Balaban J connectivity index is 1.95. The lowest BCUT2D eigenvalue weighted by Gasteiger charge is -2.22. The average Bonchev–Trinajstić information content (AvgIpc) is 2.61. The maximum absolute atomic E-state index is 13.6. The summed E-state index contributed by atoms with van der Waals surface area (Å²) in [5.41, 5.74) is 0.456. The number of hydrogen-bond donors (Lipinski definition) is 1. The van der Waals surface area contributed by atoms with Crippen LogP contribution in [-0.4, -0.2) is 36.4 Å². The van der Waals surface area contributed by atoms with E-state index in [4.69, 9.17) is 4.74 Å². The summed E-state index contributed by atoms with van der Waals surface area (Å²) < 4.78 is 45.2. The van der Waals surface area contributed by atoms with E-state index in [9.17, 15) is 22.8 Å². The second kappa shape index (κ2) is 8.57. The summed E-state index contributed by atoms with van der Waals surface area (Å²) in [5, 5.41) is 2.10. The third-order valence-electron chi connectivity index (χ3n) is 3.72. The largest absolute Gasteiger partial charge is 0.481 e. The van der Waals surface area contributed by atoms with Crippen molar-refractivity contribution in [1.82, 2.24) is 4.90 Å². The quantitative estimate of drug-likeness (QED) is 0.783. The Labute approximate surface area is 154 Å². The van der Waals surface area contributed by atoms with Crippen molar-refractivity contribution in [2.24, 2.45) is 0 Å². The lowest BCUT2D eigenvalue weighted by Crippen LogP contribution is -2.42. The van der Waals surface area contributed by atoms with Gasteiger partial charge < -0.3 is 15.0 Å². The zero-order valence-corrected chi connectivity index (χ0v) is 15.1. The SMILES string of the molecule is Cc1cccc(O[C@H](C)C(=O)N(C)CC(=O)Nc2ccc(F)c(F)c2F)c1. The molecule has 0 bridgehead atoms. The van der Waals surface area contributed by atoms with Crippen LogP contribution in [0.15, 0.2) is 36.4 Å². The van der Waals surface area contributed by atoms with Gasteiger partial charge in [-0.1, -0.05) is 12.1 Å². The molecule has 0 saturated carbocycles. The van der Waals surface area contributed by atoms with E-state index in [2.05, 4.69) is 5.32 Å². The van der Waals surface area contributed by atoms with Crippen LogP contribution in [0, 0.1) is 24.4 Å². The molecule has 0 aliphatic heterocycles. The minimum absolute atomic E-state index is 0.418. The second-order valence-corrected chi connectivity index (χ2v) is 6.04. The highest BCUT2D eigenvalue weighted by molar-refractivity contribution is 5.95. The molecule has 1 N–H and O–H groups in total. The molecule has 27 heavy (non-hydrogen) atoms. The zero-order valence-electron chi connectivity index (χ0n) is 15.1. The Morgan fingerprint density at radius 3 is 2.52 bits per heavy atom. The van der Waals surface area contributed by atoms with E-state index in [-0.39, 0.29) is 0 Å². The van der Waals surface area contributed by atoms with Gasteiger partial charge in [0.15, 0.2) is 23.6 Å². The fourth-order valence-electron chi connectivity index (χ4n) is 2.36. The number of nitrogens with zero attached hydrogens (tertiary/aromatic N) is 1. The number of ether oxygens (including phenoxy) is 1. The van der Waals surface area contributed by atoms with Crippen LogP contribution < -0.4 is 10.1 Å². The van der Waals surface area contributed by atoms with Crippen molar-refractivity contribution in [1.29, 1.82) is 0 Å². The van der Waals surface area contributed by atoms with E-state index in [1.165, 1.54) is 14.0 Å². The predicted octanol–water partition coefficient (Wildman–Crippen LogP) is 3.28. The topological polar surface area (TPSA) is 58.6 Å². The third kappa shape index (κ3) is 5.22. The number of likely N-dealkylation sites (N-methyl/N-ethyl adjacent to an activating group) is 1. The van der Waals surface area contributed by atoms with E-state index in [0.29, 0.717) is 11.8 Å². The molecular weight excluding hydrogens is 361 g/mol. The summed E-state index contributed by atoms with van der Waals surface area (Å²) in [7, 11) is 1.37. The van der Waals surface area contributed by atoms with Crippen molar-refractivity contribution in [2.45, 2.75) is 20.0 Å². The van der Waals surface area contributed by atoms with Gasteiger partial charge in [0.2, 0.25) is 5.91 Å². The van der Waals surface area contributed by atoms with E-state index in [0.717, 1.165) is 16.5 Å². The molecule has 8 heteroatoms. The van der Waals surface area contributed by atoms with E-state index < -0.39 is 47.6 Å². The first kappa shape index (κ1) is 20.3.